The van der Waals surface area contributed by atoms with Crippen molar-refractivity contribution in [3.63, 3.8) is 0 Å². The Bertz CT molecular complexity index is 1270. The Kier molecular flexibility index (Phi) is 7.74. The highest BCUT2D eigenvalue weighted by Gasteiger charge is 2.36. The fraction of sp³-hybridized carbons (Fsp3) is 0.125. The lowest BCUT2D eigenvalue weighted by Crippen LogP contribution is -2.28. The van der Waals surface area contributed by atoms with Crippen LogP contribution < -0.4 is 9.47 Å². The summed E-state index contributed by atoms with van der Waals surface area (Å²) in [5.74, 6) is -0.0606. The minimum absolute atomic E-state index is 0.0957. The van der Waals surface area contributed by atoms with E-state index < -0.39 is 17.0 Å². The SMILES string of the molecule is COc1cc(/C=C2\SC(=O)N(Cc3c(F)cccc3Cl)C2=O)cc(I)c1OCc1ccccn1. The quantitative estimate of drug-likeness (QED) is 0.231. The van der Waals surface area contributed by atoms with Crippen molar-refractivity contribution in [2.45, 2.75) is 13.2 Å². The molecule has 0 atom stereocenters. The van der Waals surface area contributed by atoms with E-state index in [0.717, 1.165) is 25.9 Å². The fourth-order valence-electron chi connectivity index (χ4n) is 3.22. The van der Waals surface area contributed by atoms with Gasteiger partial charge >= 0.3 is 0 Å². The maximum absolute atomic E-state index is 14.2. The van der Waals surface area contributed by atoms with Gasteiger partial charge in [0.1, 0.15) is 12.4 Å². The van der Waals surface area contributed by atoms with Gasteiger partial charge in [-0.2, -0.15) is 0 Å². The van der Waals surface area contributed by atoms with E-state index in [9.17, 15) is 14.0 Å². The highest BCUT2D eigenvalue weighted by atomic mass is 127. The summed E-state index contributed by atoms with van der Waals surface area (Å²) in [4.78, 5) is 30.8. The Morgan fingerprint density at radius 1 is 1.21 bits per heavy atom. The molecule has 6 nitrogen and oxygen atoms in total. The van der Waals surface area contributed by atoms with E-state index in [1.807, 2.05) is 24.3 Å². The molecule has 0 bridgehead atoms. The number of halogens is 3. The molecule has 2 aromatic carbocycles. The minimum atomic E-state index is -0.573. The molecular weight excluding hydrogens is 594 g/mol. The Balaban J connectivity index is 1.56. The van der Waals surface area contributed by atoms with Crippen molar-refractivity contribution in [2.24, 2.45) is 0 Å². The van der Waals surface area contributed by atoms with Crippen molar-refractivity contribution in [3.05, 3.63) is 90.9 Å². The molecule has 0 saturated carbocycles. The van der Waals surface area contributed by atoms with Crippen molar-refractivity contribution < 1.29 is 23.5 Å². The van der Waals surface area contributed by atoms with Gasteiger partial charge in [-0.1, -0.05) is 23.7 Å². The van der Waals surface area contributed by atoms with Crippen LogP contribution in [0.4, 0.5) is 9.18 Å². The average molecular weight is 611 g/mol. The zero-order chi connectivity index (χ0) is 24.2. The Hall–Kier alpha value is -2.63. The van der Waals surface area contributed by atoms with Crippen molar-refractivity contribution in [2.75, 3.05) is 7.11 Å². The molecule has 10 heteroatoms. The van der Waals surface area contributed by atoms with Crippen molar-refractivity contribution in [1.29, 1.82) is 0 Å². The molecule has 2 amide bonds. The van der Waals surface area contributed by atoms with Crippen LogP contribution in [0.2, 0.25) is 5.02 Å². The number of amides is 2. The van der Waals surface area contributed by atoms with Crippen LogP contribution in [0, 0.1) is 9.39 Å². The van der Waals surface area contributed by atoms with Gasteiger partial charge in [0.15, 0.2) is 11.5 Å². The van der Waals surface area contributed by atoms with Crippen LogP contribution in [0.5, 0.6) is 11.5 Å². The average Bonchev–Trinajstić information content (AvgIpc) is 3.08. The third-order valence-corrected chi connectivity index (χ3v) is 6.95. The van der Waals surface area contributed by atoms with Gasteiger partial charge in [0.05, 0.1) is 27.8 Å². The van der Waals surface area contributed by atoms with Crippen LogP contribution in [0.3, 0.4) is 0 Å². The van der Waals surface area contributed by atoms with Gasteiger partial charge in [-0.05, 0) is 82.4 Å². The van der Waals surface area contributed by atoms with E-state index in [1.54, 1.807) is 18.3 Å². The summed E-state index contributed by atoms with van der Waals surface area (Å²) in [5.41, 5.74) is 1.52. The van der Waals surface area contributed by atoms with Crippen LogP contribution in [-0.2, 0) is 17.9 Å². The number of hydrogen-bond donors (Lipinski definition) is 0. The second-order valence-electron chi connectivity index (χ2n) is 7.11. The van der Waals surface area contributed by atoms with Gasteiger partial charge in [0, 0.05) is 16.8 Å². The van der Waals surface area contributed by atoms with Gasteiger partial charge < -0.3 is 9.47 Å². The number of hydrogen-bond acceptors (Lipinski definition) is 6. The monoisotopic (exact) mass is 610 g/mol. The number of benzene rings is 2. The number of ether oxygens (including phenoxy) is 2. The number of carbonyl (C=O) groups is 2. The Morgan fingerprint density at radius 3 is 2.74 bits per heavy atom. The number of methoxy groups -OCH3 is 1. The summed E-state index contributed by atoms with van der Waals surface area (Å²) in [6, 6.07) is 13.3. The molecule has 1 aliphatic rings. The van der Waals surface area contributed by atoms with Crippen LogP contribution in [0.15, 0.2) is 59.6 Å². The summed E-state index contributed by atoms with van der Waals surface area (Å²) in [6.45, 7) is 0.0265. The molecule has 3 aromatic rings. The molecule has 174 valence electrons. The zero-order valence-corrected chi connectivity index (χ0v) is 21.5. The third-order valence-electron chi connectivity index (χ3n) is 4.89. The van der Waals surface area contributed by atoms with E-state index >= 15 is 0 Å². The predicted octanol–water partition coefficient (Wildman–Crippen LogP) is 6.30. The normalized spacial score (nSPS) is 14.7. The number of pyridine rings is 1. The van der Waals surface area contributed by atoms with Crippen LogP contribution in [0.1, 0.15) is 16.8 Å². The standard InChI is InChI=1S/C24H17ClFIN2O4S/c1-32-20-10-14(9-19(27)22(20)33-13-15-5-2-3-8-28-15)11-21-23(30)29(24(31)34-21)12-16-17(25)6-4-7-18(16)26/h2-11H,12-13H2,1H3/b21-11-. The third kappa shape index (κ3) is 5.37. The van der Waals surface area contributed by atoms with E-state index in [-0.39, 0.29) is 28.6 Å². The first-order valence-corrected chi connectivity index (χ1v) is 12.2. The minimum Gasteiger partial charge on any atom is -0.493 e. The molecule has 1 fully saturated rings. The van der Waals surface area contributed by atoms with Crippen molar-refractivity contribution >= 4 is 63.2 Å². The molecule has 0 aliphatic carbocycles. The van der Waals surface area contributed by atoms with Gasteiger partial charge in [-0.15, -0.1) is 0 Å². The molecule has 0 N–H and O–H groups in total. The maximum Gasteiger partial charge on any atom is 0.293 e. The predicted molar refractivity (Wildman–Crippen MR) is 137 cm³/mol. The number of rotatable bonds is 7. The van der Waals surface area contributed by atoms with Crippen molar-refractivity contribution in [3.8, 4) is 11.5 Å². The van der Waals surface area contributed by atoms with E-state index in [2.05, 4.69) is 27.6 Å². The molecular formula is C24H17ClFIN2O4S. The lowest BCUT2D eigenvalue weighted by Gasteiger charge is -2.14. The highest BCUT2D eigenvalue weighted by molar-refractivity contribution is 14.1. The van der Waals surface area contributed by atoms with E-state index in [0.29, 0.717) is 17.1 Å². The molecule has 1 aromatic heterocycles. The summed E-state index contributed by atoms with van der Waals surface area (Å²) in [5, 5.41) is -0.337. The van der Waals surface area contributed by atoms with Crippen LogP contribution in [0.25, 0.3) is 6.08 Å². The smallest absolute Gasteiger partial charge is 0.293 e. The summed E-state index contributed by atoms with van der Waals surface area (Å²) >= 11 is 8.97. The molecule has 0 unspecified atom stereocenters. The van der Waals surface area contributed by atoms with Crippen molar-refractivity contribution in [1.82, 2.24) is 9.88 Å². The second kappa shape index (κ2) is 10.7. The first kappa shape index (κ1) is 24.5. The second-order valence-corrected chi connectivity index (χ2v) is 9.67. The number of imide groups is 1. The molecule has 0 spiro atoms. The number of nitrogens with zero attached hydrogens (tertiary/aromatic N) is 2. The molecule has 4 rings (SSSR count). The molecule has 34 heavy (non-hydrogen) atoms. The first-order chi connectivity index (χ1) is 16.4. The topological polar surface area (TPSA) is 68.7 Å². The number of aromatic nitrogens is 1. The molecule has 1 saturated heterocycles. The summed E-state index contributed by atoms with van der Waals surface area (Å²) < 4.78 is 26.3. The summed E-state index contributed by atoms with van der Waals surface area (Å²) in [7, 11) is 1.52. The molecule has 0 radical (unpaired) electrons. The summed E-state index contributed by atoms with van der Waals surface area (Å²) in [6.07, 6.45) is 3.29. The lowest BCUT2D eigenvalue weighted by atomic mass is 10.1. The van der Waals surface area contributed by atoms with E-state index in [4.69, 9.17) is 21.1 Å². The van der Waals surface area contributed by atoms with Gasteiger partial charge in [0.25, 0.3) is 11.1 Å². The zero-order valence-electron chi connectivity index (χ0n) is 17.8. The maximum atomic E-state index is 14.2. The van der Waals surface area contributed by atoms with Crippen LogP contribution in [-0.4, -0.2) is 28.1 Å². The fourth-order valence-corrected chi connectivity index (χ4v) is 5.06. The molecule has 2 heterocycles. The lowest BCUT2D eigenvalue weighted by molar-refractivity contribution is -0.123. The highest BCUT2D eigenvalue weighted by Crippen LogP contribution is 2.38. The number of carbonyl (C=O) groups excluding carboxylic acids is 2. The van der Waals surface area contributed by atoms with Crippen LogP contribution >= 0.6 is 46.0 Å². The molecule has 1 aliphatic heterocycles. The van der Waals surface area contributed by atoms with Gasteiger partial charge in [-0.3, -0.25) is 19.5 Å². The largest absolute Gasteiger partial charge is 0.493 e. The van der Waals surface area contributed by atoms with E-state index in [1.165, 1.54) is 25.3 Å². The number of thioether (sulfide) groups is 1. The Morgan fingerprint density at radius 2 is 2.03 bits per heavy atom. The first-order valence-electron chi connectivity index (χ1n) is 9.96. The van der Waals surface area contributed by atoms with Gasteiger partial charge in [-0.25, -0.2) is 4.39 Å². The van der Waals surface area contributed by atoms with Gasteiger partial charge in [0.2, 0.25) is 0 Å². The Labute approximate surface area is 218 Å².